The first kappa shape index (κ1) is 15.2. The first-order chi connectivity index (χ1) is 7.24. The molecule has 0 aliphatic rings. The molecule has 0 radical (unpaired) electrons. The van der Waals surface area contributed by atoms with Crippen molar-refractivity contribution in [3.05, 3.63) is 0 Å². The molecule has 2 N–H and O–H groups in total. The molecule has 0 bridgehead atoms. The van der Waals surface area contributed by atoms with Crippen LogP contribution in [0, 0.1) is 5.92 Å². The Morgan fingerprint density at radius 2 is 2.13 bits per heavy atom. The maximum Gasteiger partial charge on any atom is 0.0623 e. The van der Waals surface area contributed by atoms with Crippen molar-refractivity contribution < 1.29 is 9.84 Å². The molecule has 0 spiro atoms. The lowest BCUT2D eigenvalue weighted by Crippen LogP contribution is -2.36. The Morgan fingerprint density at radius 1 is 1.40 bits per heavy atom. The summed E-state index contributed by atoms with van der Waals surface area (Å²) in [5, 5.41) is 12.3. The van der Waals surface area contributed by atoms with E-state index >= 15 is 0 Å². The quantitative estimate of drug-likeness (QED) is 0.600. The highest BCUT2D eigenvalue weighted by atomic mass is 32.2. The Kier molecular flexibility index (Phi) is 10.9. The Balaban J connectivity index is 3.55. The van der Waals surface area contributed by atoms with Crippen LogP contribution in [0.5, 0.6) is 0 Å². The number of hydrogen-bond acceptors (Lipinski definition) is 4. The van der Waals surface area contributed by atoms with Crippen molar-refractivity contribution in [1.82, 2.24) is 5.32 Å². The molecule has 0 amide bonds. The van der Waals surface area contributed by atoms with E-state index in [1.807, 2.05) is 11.8 Å². The lowest BCUT2D eigenvalue weighted by molar-refractivity contribution is 0.174. The number of ether oxygens (including phenoxy) is 1. The minimum absolute atomic E-state index is 0.282. The van der Waals surface area contributed by atoms with Gasteiger partial charge < -0.3 is 15.2 Å². The highest BCUT2D eigenvalue weighted by molar-refractivity contribution is 7.99. The van der Waals surface area contributed by atoms with Gasteiger partial charge in [-0.1, -0.05) is 13.8 Å². The van der Waals surface area contributed by atoms with E-state index in [4.69, 9.17) is 9.84 Å². The van der Waals surface area contributed by atoms with Gasteiger partial charge in [0, 0.05) is 25.5 Å². The molecule has 0 fully saturated rings. The molecule has 0 saturated carbocycles. The van der Waals surface area contributed by atoms with Crippen LogP contribution in [-0.2, 0) is 4.74 Å². The average molecular weight is 235 g/mol. The summed E-state index contributed by atoms with van der Waals surface area (Å²) >= 11 is 1.88. The van der Waals surface area contributed by atoms with Gasteiger partial charge in [0.25, 0.3) is 0 Å². The van der Waals surface area contributed by atoms with Gasteiger partial charge >= 0.3 is 0 Å². The fraction of sp³-hybridized carbons (Fsp3) is 1.00. The van der Waals surface area contributed by atoms with Crippen LogP contribution < -0.4 is 5.32 Å². The SMILES string of the molecule is CCCNC(COC)CSCC(C)CO. The third-order valence-electron chi connectivity index (χ3n) is 2.08. The Labute approximate surface area is 98.0 Å². The minimum Gasteiger partial charge on any atom is -0.396 e. The van der Waals surface area contributed by atoms with Gasteiger partial charge in [0.2, 0.25) is 0 Å². The lowest BCUT2D eigenvalue weighted by Gasteiger charge is -2.18. The molecule has 2 atom stereocenters. The number of rotatable bonds is 10. The second-order valence-corrected chi connectivity index (χ2v) is 5.01. The topological polar surface area (TPSA) is 41.5 Å². The number of aliphatic hydroxyl groups excluding tert-OH is 1. The van der Waals surface area contributed by atoms with E-state index in [0.717, 1.165) is 31.1 Å². The summed E-state index contributed by atoms with van der Waals surface area (Å²) in [6, 6.07) is 0.436. The fourth-order valence-corrected chi connectivity index (χ4v) is 2.32. The maximum absolute atomic E-state index is 8.89. The number of nitrogens with one attached hydrogen (secondary N) is 1. The minimum atomic E-state index is 0.282. The maximum atomic E-state index is 8.89. The van der Waals surface area contributed by atoms with Crippen LogP contribution in [0.3, 0.4) is 0 Å². The second kappa shape index (κ2) is 10.7. The Hall–Kier alpha value is 0.230. The zero-order valence-corrected chi connectivity index (χ0v) is 11.0. The van der Waals surface area contributed by atoms with E-state index in [1.54, 1.807) is 7.11 Å². The summed E-state index contributed by atoms with van der Waals surface area (Å²) in [7, 11) is 1.74. The van der Waals surface area contributed by atoms with Crippen LogP contribution >= 0.6 is 11.8 Å². The first-order valence-corrected chi connectivity index (χ1v) is 6.80. The number of aliphatic hydroxyl groups is 1. The molecule has 4 heteroatoms. The molecule has 0 aromatic rings. The zero-order chi connectivity index (χ0) is 11.5. The highest BCUT2D eigenvalue weighted by Crippen LogP contribution is 2.09. The summed E-state index contributed by atoms with van der Waals surface area (Å²) in [5.74, 6) is 2.47. The van der Waals surface area contributed by atoms with Crippen molar-refractivity contribution in [2.75, 3.05) is 38.4 Å². The van der Waals surface area contributed by atoms with E-state index in [-0.39, 0.29) is 6.61 Å². The normalized spacial score (nSPS) is 15.2. The molecule has 2 unspecified atom stereocenters. The van der Waals surface area contributed by atoms with Gasteiger partial charge in [0.1, 0.15) is 0 Å². The molecule has 0 aromatic carbocycles. The van der Waals surface area contributed by atoms with Crippen molar-refractivity contribution in [3.8, 4) is 0 Å². The van der Waals surface area contributed by atoms with Gasteiger partial charge in [0.05, 0.1) is 6.61 Å². The molecule has 3 nitrogen and oxygen atoms in total. The van der Waals surface area contributed by atoms with Gasteiger partial charge in [0.15, 0.2) is 0 Å². The van der Waals surface area contributed by atoms with Crippen molar-refractivity contribution >= 4 is 11.8 Å². The summed E-state index contributed by atoms with van der Waals surface area (Å²) in [5.41, 5.74) is 0. The van der Waals surface area contributed by atoms with E-state index in [2.05, 4.69) is 19.2 Å². The fourth-order valence-electron chi connectivity index (χ4n) is 1.18. The molecular weight excluding hydrogens is 210 g/mol. The van der Waals surface area contributed by atoms with Crippen LogP contribution in [-0.4, -0.2) is 49.5 Å². The average Bonchev–Trinajstić information content (AvgIpc) is 2.25. The molecule has 0 aliphatic carbocycles. The zero-order valence-electron chi connectivity index (χ0n) is 10.2. The number of thioether (sulfide) groups is 1. The van der Waals surface area contributed by atoms with E-state index in [0.29, 0.717) is 12.0 Å². The largest absolute Gasteiger partial charge is 0.396 e. The molecule has 0 rings (SSSR count). The molecule has 15 heavy (non-hydrogen) atoms. The molecule has 0 aliphatic heterocycles. The van der Waals surface area contributed by atoms with Gasteiger partial charge in [-0.2, -0.15) is 11.8 Å². The van der Waals surface area contributed by atoms with E-state index < -0.39 is 0 Å². The predicted octanol–water partition coefficient (Wildman–Crippen LogP) is 1.36. The van der Waals surface area contributed by atoms with Gasteiger partial charge in [-0.25, -0.2) is 0 Å². The van der Waals surface area contributed by atoms with Gasteiger partial charge in [-0.15, -0.1) is 0 Å². The molecule has 0 saturated heterocycles. The summed E-state index contributed by atoms with van der Waals surface area (Å²) < 4.78 is 5.16. The molecule has 92 valence electrons. The summed E-state index contributed by atoms with van der Waals surface area (Å²) in [6.45, 7) is 6.32. The van der Waals surface area contributed by atoms with Crippen LogP contribution in [0.25, 0.3) is 0 Å². The number of methoxy groups -OCH3 is 1. The monoisotopic (exact) mass is 235 g/mol. The van der Waals surface area contributed by atoms with Gasteiger partial charge in [-0.05, 0) is 24.6 Å². The highest BCUT2D eigenvalue weighted by Gasteiger charge is 2.08. The lowest BCUT2D eigenvalue weighted by atomic mass is 10.2. The van der Waals surface area contributed by atoms with Crippen LogP contribution in [0.2, 0.25) is 0 Å². The second-order valence-electron chi connectivity index (χ2n) is 3.93. The molecule has 0 aromatic heterocycles. The summed E-state index contributed by atoms with van der Waals surface area (Å²) in [6.07, 6.45) is 1.15. The van der Waals surface area contributed by atoms with Gasteiger partial charge in [-0.3, -0.25) is 0 Å². The van der Waals surface area contributed by atoms with Crippen molar-refractivity contribution in [2.45, 2.75) is 26.3 Å². The van der Waals surface area contributed by atoms with Crippen molar-refractivity contribution in [3.63, 3.8) is 0 Å². The third-order valence-corrected chi connectivity index (χ3v) is 3.53. The van der Waals surface area contributed by atoms with E-state index in [9.17, 15) is 0 Å². The Morgan fingerprint density at radius 3 is 2.67 bits per heavy atom. The van der Waals surface area contributed by atoms with Crippen molar-refractivity contribution in [1.29, 1.82) is 0 Å². The first-order valence-electron chi connectivity index (χ1n) is 5.65. The predicted molar refractivity (Wildman–Crippen MR) is 67.5 cm³/mol. The van der Waals surface area contributed by atoms with E-state index in [1.165, 1.54) is 0 Å². The summed E-state index contributed by atoms with van der Waals surface area (Å²) in [4.78, 5) is 0. The van der Waals surface area contributed by atoms with Crippen LogP contribution in [0.1, 0.15) is 20.3 Å². The standard InChI is InChI=1S/C11H25NO2S/c1-4-5-12-11(7-14-3)9-15-8-10(2)6-13/h10-13H,4-9H2,1-3H3. The third kappa shape index (κ3) is 9.18. The van der Waals surface area contributed by atoms with Crippen LogP contribution in [0.15, 0.2) is 0 Å². The molecule has 0 heterocycles. The van der Waals surface area contributed by atoms with Crippen LogP contribution in [0.4, 0.5) is 0 Å². The Bertz CT molecular complexity index is 136. The number of hydrogen-bond donors (Lipinski definition) is 2. The molecular formula is C11H25NO2S. The smallest absolute Gasteiger partial charge is 0.0623 e. The van der Waals surface area contributed by atoms with Crippen molar-refractivity contribution in [2.24, 2.45) is 5.92 Å².